The fraction of sp³-hybridized carbons (Fsp3) is 0.630. The van der Waals surface area contributed by atoms with E-state index in [0.29, 0.717) is 29.5 Å². The zero-order valence-electron chi connectivity index (χ0n) is 21.3. The summed E-state index contributed by atoms with van der Waals surface area (Å²) >= 11 is 1.63. The van der Waals surface area contributed by atoms with E-state index in [1.165, 1.54) is 0 Å². The number of hydrogen-bond donors (Lipinski definition) is 3. The molecule has 3 atom stereocenters. The monoisotopic (exact) mass is 528 g/mol. The minimum Gasteiger partial charge on any atom is -0.396 e. The second-order valence-corrected chi connectivity index (χ2v) is 12.3. The predicted molar refractivity (Wildman–Crippen MR) is 142 cm³/mol. The molecule has 3 heterocycles. The van der Waals surface area contributed by atoms with Crippen LogP contribution in [-0.2, 0) is 0 Å². The largest absolute Gasteiger partial charge is 0.396 e. The molecule has 10 heteroatoms. The number of rotatable bonds is 9. The molecule has 198 valence electrons. The summed E-state index contributed by atoms with van der Waals surface area (Å²) in [7, 11) is 0. The Bertz CT molecular complexity index is 1290. The molecule has 0 amide bonds. The van der Waals surface area contributed by atoms with E-state index in [0.717, 1.165) is 70.8 Å². The molecule has 0 aromatic carbocycles. The summed E-state index contributed by atoms with van der Waals surface area (Å²) in [6.45, 7) is 4.87. The molecule has 0 saturated heterocycles. The molecular formula is C27H34F2N6OS. The molecule has 1 unspecified atom stereocenters. The molecule has 0 bridgehead atoms. The first-order chi connectivity index (χ1) is 17.8. The maximum absolute atomic E-state index is 13.4. The third-order valence-electron chi connectivity index (χ3n) is 8.26. The zero-order valence-corrected chi connectivity index (χ0v) is 22.1. The van der Waals surface area contributed by atoms with Crippen LogP contribution in [0.15, 0.2) is 12.3 Å². The molecule has 0 spiro atoms. The Morgan fingerprint density at radius 1 is 1.14 bits per heavy atom. The standard InChI is InChI=1S/C27H34F2N6OS/c1-14(19-10-27(28,29)11-19)32-26-33-15(2)21(24(35-26)31-12-16-3-4-17(9-16)13-36)25-34-23-20(37-25)7-8-30-22(23)18-5-6-18/h7-8,14,16-19,36H,3-6,9-13H2,1-2H3,(H2,31,32,33,35)/t14?,16-,17+/m0/s1. The molecule has 6 rings (SSSR count). The molecule has 3 aromatic heterocycles. The van der Waals surface area contributed by atoms with Crippen molar-refractivity contribution >= 4 is 33.3 Å². The number of aromatic nitrogens is 4. The molecule has 3 saturated carbocycles. The summed E-state index contributed by atoms with van der Waals surface area (Å²) in [5.41, 5.74) is 3.73. The van der Waals surface area contributed by atoms with Gasteiger partial charge in [0.25, 0.3) is 0 Å². The Morgan fingerprint density at radius 2 is 1.92 bits per heavy atom. The highest BCUT2D eigenvalue weighted by molar-refractivity contribution is 7.21. The van der Waals surface area contributed by atoms with Gasteiger partial charge in [-0.15, -0.1) is 11.3 Å². The Morgan fingerprint density at radius 3 is 2.62 bits per heavy atom. The quantitative estimate of drug-likeness (QED) is 0.313. The number of aliphatic hydroxyl groups excluding tert-OH is 1. The van der Waals surface area contributed by atoms with Crippen molar-refractivity contribution in [1.29, 1.82) is 0 Å². The number of fused-ring (bicyclic) bond motifs is 1. The second kappa shape index (κ2) is 9.69. The smallest absolute Gasteiger partial charge is 0.248 e. The third kappa shape index (κ3) is 5.14. The van der Waals surface area contributed by atoms with Crippen LogP contribution in [0.25, 0.3) is 20.8 Å². The number of aliphatic hydroxyl groups is 1. The first-order valence-corrected chi connectivity index (χ1v) is 14.2. The summed E-state index contributed by atoms with van der Waals surface area (Å²) in [4.78, 5) is 19.2. The van der Waals surface area contributed by atoms with Gasteiger partial charge >= 0.3 is 0 Å². The van der Waals surface area contributed by atoms with Crippen molar-refractivity contribution in [3.8, 4) is 10.6 Å². The fourth-order valence-electron chi connectivity index (χ4n) is 5.81. The third-order valence-corrected chi connectivity index (χ3v) is 9.29. The first-order valence-electron chi connectivity index (χ1n) is 13.4. The molecule has 0 radical (unpaired) electrons. The molecule has 7 nitrogen and oxygen atoms in total. The number of nitrogens with one attached hydrogen (secondary N) is 2. The lowest BCUT2D eigenvalue weighted by Gasteiger charge is -2.39. The van der Waals surface area contributed by atoms with Crippen LogP contribution < -0.4 is 10.6 Å². The molecule has 3 N–H and O–H groups in total. The van der Waals surface area contributed by atoms with Crippen LogP contribution in [0.5, 0.6) is 0 Å². The molecule has 0 aliphatic heterocycles. The van der Waals surface area contributed by atoms with E-state index in [1.54, 1.807) is 11.3 Å². The van der Waals surface area contributed by atoms with Crippen LogP contribution in [0.2, 0.25) is 0 Å². The van der Waals surface area contributed by atoms with Crippen molar-refractivity contribution in [1.82, 2.24) is 19.9 Å². The number of anilines is 2. The van der Waals surface area contributed by atoms with E-state index in [1.807, 2.05) is 26.1 Å². The second-order valence-electron chi connectivity index (χ2n) is 11.3. The molecular weight excluding hydrogens is 494 g/mol. The Hall–Kier alpha value is -2.46. The van der Waals surface area contributed by atoms with Gasteiger partial charge in [-0.25, -0.2) is 18.7 Å². The number of alkyl halides is 2. The number of hydrogen-bond acceptors (Lipinski definition) is 8. The lowest BCUT2D eigenvalue weighted by Crippen LogP contribution is -2.44. The van der Waals surface area contributed by atoms with Crippen LogP contribution in [-0.4, -0.2) is 50.2 Å². The van der Waals surface area contributed by atoms with Crippen molar-refractivity contribution in [2.24, 2.45) is 17.8 Å². The van der Waals surface area contributed by atoms with E-state index in [2.05, 4.69) is 15.6 Å². The SMILES string of the molecule is Cc1nc(NC(C)C2CC(F)(F)C2)nc(NC[C@H]2CC[C@@H](CO)C2)c1-c1nc2c(C3CC3)nccc2s1. The van der Waals surface area contributed by atoms with Gasteiger partial charge in [0.05, 0.1) is 21.7 Å². The number of aryl methyl sites for hydroxylation is 1. The first kappa shape index (κ1) is 24.9. The van der Waals surface area contributed by atoms with E-state index < -0.39 is 5.92 Å². The van der Waals surface area contributed by atoms with Gasteiger partial charge in [0.2, 0.25) is 11.9 Å². The van der Waals surface area contributed by atoms with Gasteiger partial charge in [0.15, 0.2) is 0 Å². The van der Waals surface area contributed by atoms with Gasteiger partial charge in [-0.3, -0.25) is 4.98 Å². The van der Waals surface area contributed by atoms with Crippen LogP contribution in [0, 0.1) is 24.7 Å². The van der Waals surface area contributed by atoms with Crippen molar-refractivity contribution in [3.63, 3.8) is 0 Å². The predicted octanol–water partition coefficient (Wildman–Crippen LogP) is 6.00. The van der Waals surface area contributed by atoms with Gasteiger partial charge in [-0.05, 0) is 69.8 Å². The lowest BCUT2D eigenvalue weighted by atomic mass is 9.77. The Balaban J connectivity index is 1.31. The van der Waals surface area contributed by atoms with Crippen molar-refractivity contribution in [3.05, 3.63) is 23.7 Å². The molecule has 3 aromatic rings. The highest BCUT2D eigenvalue weighted by Gasteiger charge is 2.47. The van der Waals surface area contributed by atoms with Gasteiger partial charge in [0.1, 0.15) is 16.3 Å². The number of nitrogens with zero attached hydrogens (tertiary/aromatic N) is 4. The summed E-state index contributed by atoms with van der Waals surface area (Å²) < 4.78 is 28.0. The summed E-state index contributed by atoms with van der Waals surface area (Å²) in [6, 6.07) is 1.87. The van der Waals surface area contributed by atoms with Gasteiger partial charge in [0, 0.05) is 44.1 Å². The fourth-order valence-corrected chi connectivity index (χ4v) is 6.88. The van der Waals surface area contributed by atoms with Gasteiger partial charge in [-0.1, -0.05) is 0 Å². The van der Waals surface area contributed by atoms with E-state index >= 15 is 0 Å². The highest BCUT2D eigenvalue weighted by atomic mass is 32.1. The Labute approximate surface area is 219 Å². The van der Waals surface area contributed by atoms with Crippen LogP contribution in [0.3, 0.4) is 0 Å². The average molecular weight is 529 g/mol. The van der Waals surface area contributed by atoms with Crippen molar-refractivity contribution in [2.75, 3.05) is 23.8 Å². The number of pyridine rings is 1. The van der Waals surface area contributed by atoms with Gasteiger partial charge in [-0.2, -0.15) is 4.98 Å². The number of thiazole rings is 1. The van der Waals surface area contributed by atoms with E-state index in [4.69, 9.17) is 15.0 Å². The summed E-state index contributed by atoms with van der Waals surface area (Å²) in [6.07, 6.45) is 7.12. The molecule has 37 heavy (non-hydrogen) atoms. The maximum Gasteiger partial charge on any atom is 0.248 e. The number of halogens is 2. The minimum absolute atomic E-state index is 0.0958. The highest BCUT2D eigenvalue weighted by Crippen LogP contribution is 2.46. The van der Waals surface area contributed by atoms with Crippen molar-refractivity contribution < 1.29 is 13.9 Å². The van der Waals surface area contributed by atoms with Crippen LogP contribution in [0.1, 0.15) is 69.2 Å². The normalized spacial score (nSPS) is 24.2. The van der Waals surface area contributed by atoms with Gasteiger partial charge < -0.3 is 15.7 Å². The zero-order chi connectivity index (χ0) is 25.7. The van der Waals surface area contributed by atoms with Crippen molar-refractivity contribution in [2.45, 2.75) is 76.7 Å². The topological polar surface area (TPSA) is 95.9 Å². The maximum atomic E-state index is 13.4. The summed E-state index contributed by atoms with van der Waals surface area (Å²) in [5.74, 6) is -0.142. The molecule has 3 aliphatic rings. The van der Waals surface area contributed by atoms with E-state index in [-0.39, 0.29) is 31.4 Å². The average Bonchev–Trinajstić information content (AvgIpc) is 3.42. The molecule has 3 fully saturated rings. The molecule has 3 aliphatic carbocycles. The lowest BCUT2D eigenvalue weighted by molar-refractivity contribution is -0.113. The van der Waals surface area contributed by atoms with Crippen LogP contribution in [0.4, 0.5) is 20.5 Å². The summed E-state index contributed by atoms with van der Waals surface area (Å²) in [5, 5.41) is 17.3. The Kier molecular flexibility index (Phi) is 6.51. The minimum atomic E-state index is -2.55. The van der Waals surface area contributed by atoms with Crippen LogP contribution >= 0.6 is 11.3 Å². The van der Waals surface area contributed by atoms with E-state index in [9.17, 15) is 13.9 Å².